The van der Waals surface area contributed by atoms with Gasteiger partial charge in [-0.1, -0.05) is 43.9 Å². The van der Waals surface area contributed by atoms with Crippen LogP contribution in [0.5, 0.6) is 0 Å². The lowest BCUT2D eigenvalue weighted by atomic mass is 9.79. The normalized spacial score (nSPS) is 19.2. The van der Waals surface area contributed by atoms with Crippen molar-refractivity contribution < 1.29 is 18.3 Å². The van der Waals surface area contributed by atoms with Crippen molar-refractivity contribution in [2.75, 3.05) is 0 Å². The summed E-state index contributed by atoms with van der Waals surface area (Å²) in [7, 11) is -3.72. The maximum absolute atomic E-state index is 12.6. The topological polar surface area (TPSA) is 83.5 Å². The molecule has 0 bridgehead atoms. The summed E-state index contributed by atoms with van der Waals surface area (Å²) in [4.78, 5) is 11.6. The summed E-state index contributed by atoms with van der Waals surface area (Å²) in [6.45, 7) is 3.47. The third-order valence-corrected chi connectivity index (χ3v) is 6.18. The number of aryl methyl sites for hydroxylation is 1. The van der Waals surface area contributed by atoms with Gasteiger partial charge in [-0.25, -0.2) is 13.1 Å². The summed E-state index contributed by atoms with van der Waals surface area (Å²) in [6.07, 6.45) is 4.94. The van der Waals surface area contributed by atoms with Gasteiger partial charge in [-0.3, -0.25) is 4.79 Å². The van der Waals surface area contributed by atoms with E-state index >= 15 is 0 Å². The summed E-state index contributed by atoms with van der Waals surface area (Å²) in [5.74, 6) is -1.64. The molecule has 0 heterocycles. The van der Waals surface area contributed by atoms with E-state index < -0.39 is 28.0 Å². The van der Waals surface area contributed by atoms with Gasteiger partial charge in [-0.15, -0.1) is 0 Å². The molecule has 128 valence electrons. The molecule has 1 aromatic rings. The average molecular weight is 339 g/mol. The van der Waals surface area contributed by atoms with E-state index in [1.165, 1.54) is 0 Å². The highest BCUT2D eigenvalue weighted by atomic mass is 32.2. The molecule has 6 heteroatoms. The lowest BCUT2D eigenvalue weighted by molar-refractivity contribution is -0.142. The minimum atomic E-state index is -3.72. The quantitative estimate of drug-likeness (QED) is 0.834. The van der Waals surface area contributed by atoms with Gasteiger partial charge in [0, 0.05) is 6.04 Å². The van der Waals surface area contributed by atoms with E-state index in [-0.39, 0.29) is 10.8 Å². The molecular weight excluding hydrogens is 314 g/mol. The summed E-state index contributed by atoms with van der Waals surface area (Å²) in [5.41, 5.74) is 0.978. The Hall–Kier alpha value is -1.40. The molecule has 0 spiro atoms. The fraction of sp³-hybridized carbons (Fsp3) is 0.588. The zero-order valence-corrected chi connectivity index (χ0v) is 14.5. The highest BCUT2D eigenvalue weighted by Crippen LogP contribution is 2.30. The Morgan fingerprint density at radius 3 is 2.26 bits per heavy atom. The molecule has 0 saturated heterocycles. The molecule has 0 unspecified atom stereocenters. The average Bonchev–Trinajstić information content (AvgIpc) is 2.53. The standard InChI is InChI=1S/C17H25NO4S/c1-12-8-10-15(11-9-12)23(21,22)18-16(13(2)17(19)20)14-6-4-3-5-7-14/h8-11,13-14,16,18H,3-7H2,1-2H3,(H,19,20)/t13-,16+/m0/s1. The molecule has 23 heavy (non-hydrogen) atoms. The van der Waals surface area contributed by atoms with Crippen LogP contribution in [0.2, 0.25) is 0 Å². The van der Waals surface area contributed by atoms with Gasteiger partial charge in [-0.05, 0) is 37.8 Å². The van der Waals surface area contributed by atoms with E-state index in [9.17, 15) is 18.3 Å². The lowest BCUT2D eigenvalue weighted by Gasteiger charge is -2.33. The first-order valence-corrected chi connectivity index (χ1v) is 9.61. The van der Waals surface area contributed by atoms with Crippen LogP contribution in [0.3, 0.4) is 0 Å². The number of carboxylic acids is 1. The van der Waals surface area contributed by atoms with Crippen molar-refractivity contribution in [3.63, 3.8) is 0 Å². The first kappa shape index (κ1) is 17.9. The van der Waals surface area contributed by atoms with Crippen LogP contribution in [-0.4, -0.2) is 25.5 Å². The predicted octanol–water partition coefficient (Wildman–Crippen LogP) is 2.94. The van der Waals surface area contributed by atoms with E-state index in [4.69, 9.17) is 0 Å². The van der Waals surface area contributed by atoms with Crippen LogP contribution in [0.4, 0.5) is 0 Å². The van der Waals surface area contributed by atoms with Crippen molar-refractivity contribution in [3.05, 3.63) is 29.8 Å². The zero-order valence-electron chi connectivity index (χ0n) is 13.7. The Morgan fingerprint density at radius 2 is 1.74 bits per heavy atom. The van der Waals surface area contributed by atoms with Crippen molar-refractivity contribution in [1.29, 1.82) is 0 Å². The number of hydrogen-bond acceptors (Lipinski definition) is 3. The Balaban J connectivity index is 2.24. The number of aliphatic carboxylic acids is 1. The van der Waals surface area contributed by atoms with Gasteiger partial charge in [0.25, 0.3) is 0 Å². The highest BCUT2D eigenvalue weighted by molar-refractivity contribution is 7.89. The maximum Gasteiger partial charge on any atom is 0.307 e. The number of sulfonamides is 1. The van der Waals surface area contributed by atoms with Crippen LogP contribution in [0, 0.1) is 18.8 Å². The molecule has 2 N–H and O–H groups in total. The van der Waals surface area contributed by atoms with Crippen LogP contribution in [0.25, 0.3) is 0 Å². The molecule has 2 rings (SSSR count). The second-order valence-electron chi connectivity index (χ2n) is 6.49. The van der Waals surface area contributed by atoms with Gasteiger partial charge < -0.3 is 5.11 Å². The summed E-state index contributed by atoms with van der Waals surface area (Å²) in [5, 5.41) is 9.35. The van der Waals surface area contributed by atoms with E-state index in [2.05, 4.69) is 4.72 Å². The third-order valence-electron chi connectivity index (χ3n) is 4.71. The van der Waals surface area contributed by atoms with Crippen LogP contribution in [-0.2, 0) is 14.8 Å². The van der Waals surface area contributed by atoms with Crippen LogP contribution < -0.4 is 4.72 Å². The third kappa shape index (κ3) is 4.54. The molecule has 0 aromatic heterocycles. The summed E-state index contributed by atoms with van der Waals surface area (Å²) < 4.78 is 27.9. The fourth-order valence-corrected chi connectivity index (χ4v) is 4.60. The number of hydrogen-bond donors (Lipinski definition) is 2. The first-order chi connectivity index (χ1) is 10.8. The van der Waals surface area contributed by atoms with Crippen LogP contribution in [0.1, 0.15) is 44.6 Å². The van der Waals surface area contributed by atoms with Gasteiger partial charge in [-0.2, -0.15) is 0 Å². The Labute approximate surface area is 138 Å². The molecule has 5 nitrogen and oxygen atoms in total. The van der Waals surface area contributed by atoms with Crippen molar-refractivity contribution in [2.45, 2.75) is 56.9 Å². The number of benzene rings is 1. The zero-order chi connectivity index (χ0) is 17.0. The Morgan fingerprint density at radius 1 is 1.17 bits per heavy atom. The van der Waals surface area contributed by atoms with Gasteiger partial charge in [0.15, 0.2) is 0 Å². The number of rotatable bonds is 6. The van der Waals surface area contributed by atoms with Gasteiger partial charge >= 0.3 is 5.97 Å². The monoisotopic (exact) mass is 339 g/mol. The largest absolute Gasteiger partial charge is 0.481 e. The van der Waals surface area contributed by atoms with Crippen molar-refractivity contribution >= 4 is 16.0 Å². The Bertz CT molecular complexity index is 633. The number of nitrogens with one attached hydrogen (secondary N) is 1. The summed E-state index contributed by atoms with van der Waals surface area (Å²) in [6, 6.07) is 6.02. The first-order valence-electron chi connectivity index (χ1n) is 8.13. The van der Waals surface area contributed by atoms with Crippen molar-refractivity contribution in [1.82, 2.24) is 4.72 Å². The molecule has 1 aliphatic rings. The second kappa shape index (κ2) is 7.45. The molecule has 0 radical (unpaired) electrons. The minimum absolute atomic E-state index is 0.0788. The van der Waals surface area contributed by atoms with Crippen molar-refractivity contribution in [3.8, 4) is 0 Å². The SMILES string of the molecule is Cc1ccc(S(=O)(=O)N[C@@H](C2CCCCC2)[C@H](C)C(=O)O)cc1. The molecule has 2 atom stereocenters. The molecule has 0 amide bonds. The molecule has 1 saturated carbocycles. The van der Waals surface area contributed by atoms with Crippen molar-refractivity contribution in [2.24, 2.45) is 11.8 Å². The lowest BCUT2D eigenvalue weighted by Crippen LogP contribution is -2.47. The van der Waals surface area contributed by atoms with Gasteiger partial charge in [0.2, 0.25) is 10.0 Å². The van der Waals surface area contributed by atoms with Gasteiger partial charge in [0.1, 0.15) is 0 Å². The molecule has 1 fully saturated rings. The van der Waals surface area contributed by atoms with E-state index in [0.29, 0.717) is 0 Å². The molecular formula is C17H25NO4S. The summed E-state index contributed by atoms with van der Waals surface area (Å²) >= 11 is 0. The molecule has 1 aromatic carbocycles. The maximum atomic E-state index is 12.6. The molecule has 0 aliphatic heterocycles. The Kier molecular flexibility index (Phi) is 5.81. The number of carboxylic acid groups (broad SMARTS) is 1. The molecule has 1 aliphatic carbocycles. The van der Waals surface area contributed by atoms with E-state index in [0.717, 1.165) is 37.7 Å². The smallest absolute Gasteiger partial charge is 0.307 e. The second-order valence-corrected chi connectivity index (χ2v) is 8.20. The minimum Gasteiger partial charge on any atom is -0.481 e. The van der Waals surface area contributed by atoms with Crippen LogP contribution >= 0.6 is 0 Å². The predicted molar refractivity (Wildman–Crippen MR) is 88.7 cm³/mol. The number of carbonyl (C=O) groups is 1. The van der Waals surface area contributed by atoms with Crippen LogP contribution in [0.15, 0.2) is 29.2 Å². The van der Waals surface area contributed by atoms with E-state index in [1.54, 1.807) is 31.2 Å². The van der Waals surface area contributed by atoms with Gasteiger partial charge in [0.05, 0.1) is 10.8 Å². The fourth-order valence-electron chi connectivity index (χ4n) is 3.22. The highest BCUT2D eigenvalue weighted by Gasteiger charge is 2.35. The van der Waals surface area contributed by atoms with E-state index in [1.807, 2.05) is 6.92 Å².